The third kappa shape index (κ3) is 1.41. The van der Waals surface area contributed by atoms with Gasteiger partial charge in [0, 0.05) is 25.3 Å². The van der Waals surface area contributed by atoms with Gasteiger partial charge in [-0.3, -0.25) is 0 Å². The third-order valence-electron chi connectivity index (χ3n) is 3.46. The summed E-state index contributed by atoms with van der Waals surface area (Å²) in [4.78, 5) is 0. The van der Waals surface area contributed by atoms with Gasteiger partial charge in [-0.15, -0.1) is 0 Å². The van der Waals surface area contributed by atoms with E-state index in [9.17, 15) is 0 Å². The quantitative estimate of drug-likeness (QED) is 0.764. The first-order chi connectivity index (χ1) is 7.27. The lowest BCUT2D eigenvalue weighted by atomic mass is 9.89. The van der Waals surface area contributed by atoms with Gasteiger partial charge in [-0.2, -0.15) is 0 Å². The fourth-order valence-electron chi connectivity index (χ4n) is 2.60. The fourth-order valence-corrected chi connectivity index (χ4v) is 3.20. The Balaban J connectivity index is 2.23. The molecular formula is C12H15BrN2. The molecule has 15 heavy (non-hydrogen) atoms. The highest BCUT2D eigenvalue weighted by atomic mass is 79.9. The van der Waals surface area contributed by atoms with E-state index in [0.717, 1.165) is 19.6 Å². The van der Waals surface area contributed by atoms with Crippen molar-refractivity contribution in [3.05, 3.63) is 28.0 Å². The Morgan fingerprint density at radius 2 is 2.40 bits per heavy atom. The number of nitrogens with one attached hydrogen (secondary N) is 1. The molecule has 0 amide bonds. The summed E-state index contributed by atoms with van der Waals surface area (Å²) in [6.45, 7) is 5.47. The fraction of sp³-hybridized carbons (Fsp3) is 0.500. The van der Waals surface area contributed by atoms with E-state index in [0.29, 0.717) is 5.92 Å². The van der Waals surface area contributed by atoms with Gasteiger partial charge >= 0.3 is 0 Å². The molecule has 1 aliphatic heterocycles. The van der Waals surface area contributed by atoms with E-state index < -0.39 is 0 Å². The third-order valence-corrected chi connectivity index (χ3v) is 4.11. The molecule has 0 aromatic carbocycles. The molecule has 1 aliphatic carbocycles. The van der Waals surface area contributed by atoms with E-state index >= 15 is 0 Å². The van der Waals surface area contributed by atoms with Crippen LogP contribution in [0, 0.1) is 0 Å². The molecule has 1 aromatic heterocycles. The van der Waals surface area contributed by atoms with E-state index in [4.69, 9.17) is 0 Å². The SMILES string of the molecule is CC1CC=C2CNCCn3c(Br)cc1c32. The van der Waals surface area contributed by atoms with Crippen molar-refractivity contribution in [3.8, 4) is 0 Å². The molecule has 1 atom stereocenters. The first-order valence-electron chi connectivity index (χ1n) is 5.56. The Labute approximate surface area is 98.5 Å². The molecular weight excluding hydrogens is 252 g/mol. The van der Waals surface area contributed by atoms with Gasteiger partial charge in [0.2, 0.25) is 0 Å². The second-order valence-corrected chi connectivity index (χ2v) is 5.28. The molecule has 1 unspecified atom stereocenters. The second kappa shape index (κ2) is 3.49. The average Bonchev–Trinajstić information content (AvgIpc) is 2.45. The topological polar surface area (TPSA) is 17.0 Å². The van der Waals surface area contributed by atoms with Crippen molar-refractivity contribution < 1.29 is 0 Å². The van der Waals surface area contributed by atoms with Crippen molar-refractivity contribution in [2.24, 2.45) is 0 Å². The molecule has 0 fully saturated rings. The lowest BCUT2D eigenvalue weighted by Crippen LogP contribution is -2.17. The van der Waals surface area contributed by atoms with Crippen molar-refractivity contribution in [1.82, 2.24) is 9.88 Å². The van der Waals surface area contributed by atoms with Gasteiger partial charge < -0.3 is 9.88 Å². The Kier molecular flexibility index (Phi) is 2.25. The highest BCUT2D eigenvalue weighted by Gasteiger charge is 2.25. The van der Waals surface area contributed by atoms with Gasteiger partial charge in [0.05, 0.1) is 4.60 Å². The molecule has 0 saturated carbocycles. The Hall–Kier alpha value is -0.540. The van der Waals surface area contributed by atoms with Gasteiger partial charge in [0.25, 0.3) is 0 Å². The summed E-state index contributed by atoms with van der Waals surface area (Å²) in [7, 11) is 0. The number of hydrogen-bond donors (Lipinski definition) is 1. The van der Waals surface area contributed by atoms with Crippen LogP contribution in [0.2, 0.25) is 0 Å². The standard InChI is InChI=1S/C12H15BrN2/c1-8-2-3-9-7-14-4-5-15-11(13)6-10(8)12(9)15/h3,6,8,14H,2,4-5,7H2,1H3. The van der Waals surface area contributed by atoms with Gasteiger partial charge in [-0.1, -0.05) is 13.0 Å². The van der Waals surface area contributed by atoms with Crippen LogP contribution in [0.15, 0.2) is 16.7 Å². The maximum atomic E-state index is 3.67. The zero-order chi connectivity index (χ0) is 10.4. The molecule has 2 heterocycles. The Bertz CT molecular complexity index is 431. The summed E-state index contributed by atoms with van der Waals surface area (Å²) in [5.74, 6) is 0.666. The van der Waals surface area contributed by atoms with Crippen LogP contribution in [0.25, 0.3) is 5.57 Å². The van der Waals surface area contributed by atoms with E-state index in [-0.39, 0.29) is 0 Å². The van der Waals surface area contributed by atoms with Gasteiger partial charge in [0.1, 0.15) is 0 Å². The van der Waals surface area contributed by atoms with Crippen molar-refractivity contribution in [3.63, 3.8) is 0 Å². The summed E-state index contributed by atoms with van der Waals surface area (Å²) >= 11 is 3.67. The van der Waals surface area contributed by atoms with E-state index in [1.165, 1.54) is 27.9 Å². The van der Waals surface area contributed by atoms with Crippen molar-refractivity contribution >= 4 is 21.5 Å². The number of allylic oxidation sites excluding steroid dienone is 1. The molecule has 1 aromatic rings. The summed E-state index contributed by atoms with van der Waals surface area (Å²) < 4.78 is 3.63. The van der Waals surface area contributed by atoms with Crippen molar-refractivity contribution in [2.75, 3.05) is 13.1 Å². The first-order valence-corrected chi connectivity index (χ1v) is 6.35. The Morgan fingerprint density at radius 1 is 1.53 bits per heavy atom. The molecule has 0 bridgehead atoms. The molecule has 80 valence electrons. The molecule has 1 N–H and O–H groups in total. The predicted octanol–water partition coefficient (Wildman–Crippen LogP) is 2.74. The lowest BCUT2D eigenvalue weighted by molar-refractivity contribution is 0.640. The van der Waals surface area contributed by atoms with Crippen LogP contribution in [0.4, 0.5) is 0 Å². The second-order valence-electron chi connectivity index (χ2n) is 4.47. The first kappa shape index (κ1) is 9.67. The summed E-state index contributed by atoms with van der Waals surface area (Å²) in [6.07, 6.45) is 3.58. The minimum Gasteiger partial charge on any atom is -0.334 e. The molecule has 0 spiro atoms. The summed E-state index contributed by atoms with van der Waals surface area (Å²) in [6, 6.07) is 2.30. The Morgan fingerprint density at radius 3 is 3.27 bits per heavy atom. The van der Waals surface area contributed by atoms with Crippen LogP contribution in [-0.2, 0) is 6.54 Å². The van der Waals surface area contributed by atoms with Crippen molar-refractivity contribution in [1.29, 1.82) is 0 Å². The smallest absolute Gasteiger partial charge is 0.0854 e. The molecule has 2 nitrogen and oxygen atoms in total. The van der Waals surface area contributed by atoms with E-state index in [2.05, 4.69) is 44.9 Å². The van der Waals surface area contributed by atoms with Crippen LogP contribution in [-0.4, -0.2) is 17.7 Å². The molecule has 0 saturated heterocycles. The highest BCUT2D eigenvalue weighted by molar-refractivity contribution is 9.10. The summed E-state index contributed by atoms with van der Waals surface area (Å²) in [5, 5.41) is 3.47. The van der Waals surface area contributed by atoms with Crippen molar-refractivity contribution in [2.45, 2.75) is 25.8 Å². The van der Waals surface area contributed by atoms with Crippen LogP contribution in [0.5, 0.6) is 0 Å². The number of rotatable bonds is 0. The van der Waals surface area contributed by atoms with E-state index in [1.54, 1.807) is 0 Å². The van der Waals surface area contributed by atoms with Gasteiger partial charge in [-0.25, -0.2) is 0 Å². The molecule has 3 rings (SSSR count). The van der Waals surface area contributed by atoms with Crippen LogP contribution in [0.1, 0.15) is 30.5 Å². The number of nitrogens with zero attached hydrogens (tertiary/aromatic N) is 1. The van der Waals surface area contributed by atoms with Gasteiger partial charge in [0.15, 0.2) is 0 Å². The monoisotopic (exact) mass is 266 g/mol. The van der Waals surface area contributed by atoms with Crippen LogP contribution in [0.3, 0.4) is 0 Å². The summed E-state index contributed by atoms with van der Waals surface area (Å²) in [5.41, 5.74) is 4.46. The minimum atomic E-state index is 0.666. The number of halogens is 1. The molecule has 2 aliphatic rings. The minimum absolute atomic E-state index is 0.666. The highest BCUT2D eigenvalue weighted by Crippen LogP contribution is 2.38. The van der Waals surface area contributed by atoms with Crippen LogP contribution >= 0.6 is 15.9 Å². The van der Waals surface area contributed by atoms with E-state index in [1.807, 2.05) is 0 Å². The average molecular weight is 267 g/mol. The zero-order valence-corrected chi connectivity index (χ0v) is 10.5. The lowest BCUT2D eigenvalue weighted by Gasteiger charge is -2.20. The maximum Gasteiger partial charge on any atom is 0.0854 e. The van der Waals surface area contributed by atoms with Gasteiger partial charge in [-0.05, 0) is 45.5 Å². The number of aromatic nitrogens is 1. The van der Waals surface area contributed by atoms with Crippen LogP contribution < -0.4 is 5.32 Å². The molecule has 0 radical (unpaired) electrons. The molecule has 3 heteroatoms. The predicted molar refractivity (Wildman–Crippen MR) is 66.0 cm³/mol. The maximum absolute atomic E-state index is 3.67. The largest absolute Gasteiger partial charge is 0.334 e. The zero-order valence-electron chi connectivity index (χ0n) is 8.89. The number of hydrogen-bond acceptors (Lipinski definition) is 1. The normalized spacial score (nSPS) is 24.4.